The predicted octanol–water partition coefficient (Wildman–Crippen LogP) is 13.0. The van der Waals surface area contributed by atoms with E-state index in [1.807, 2.05) is 165 Å². The summed E-state index contributed by atoms with van der Waals surface area (Å²) in [5, 5.41) is -3.20. The van der Waals surface area contributed by atoms with Crippen LogP contribution in [0.2, 0.25) is 0 Å². The Balaban J connectivity index is 0.000000126. The number of thioether (sulfide) groups is 1. The van der Waals surface area contributed by atoms with E-state index in [9.17, 15) is 58.8 Å². The Morgan fingerprint density at radius 1 is 0.381 bits per heavy atom. The maximum atomic E-state index is 14.8. The van der Waals surface area contributed by atoms with E-state index in [2.05, 4.69) is 55.1 Å². The number of sulfonamides is 3. The van der Waals surface area contributed by atoms with Crippen molar-refractivity contribution < 1.29 is 58.8 Å². The van der Waals surface area contributed by atoms with E-state index in [0.29, 0.717) is 42.7 Å². The number of amides is 6. The fourth-order valence-corrected chi connectivity index (χ4v) is 92.1. The fourth-order valence-electron chi connectivity index (χ4n) is 21.8. The summed E-state index contributed by atoms with van der Waals surface area (Å²) in [6, 6.07) is 71.2. The zero-order chi connectivity index (χ0) is 103. The zero-order valence-electron chi connectivity index (χ0n) is 76.2. The molecule has 23 rings (SSSR count). The van der Waals surface area contributed by atoms with Gasteiger partial charge in [-0.2, -0.15) is 0 Å². The highest BCUT2D eigenvalue weighted by Gasteiger charge is 2.80. The summed E-state index contributed by atoms with van der Waals surface area (Å²) < 4.78 is 91.8. The lowest BCUT2D eigenvalue weighted by atomic mass is 9.70. The molecule has 147 heavy (non-hydrogen) atoms. The molecule has 0 unspecified atom stereocenters. The van der Waals surface area contributed by atoms with E-state index >= 15 is 0 Å². The van der Waals surface area contributed by atoms with Crippen LogP contribution in [0.4, 0.5) is 17.1 Å². The molecule has 0 saturated carbocycles. The molecule has 1 spiro atoms. The van der Waals surface area contributed by atoms with Gasteiger partial charge in [-0.05, 0) is 147 Å². The molecule has 6 amide bonds. The van der Waals surface area contributed by atoms with E-state index in [1.165, 1.54) is 112 Å². The first kappa shape index (κ1) is 111. The molecule has 57 heteroatoms. The summed E-state index contributed by atoms with van der Waals surface area (Å²) in [5.74, 6) is -2.01. The van der Waals surface area contributed by atoms with Crippen molar-refractivity contribution >= 4 is 411 Å². The normalized spacial score (nSPS) is 25.2. The van der Waals surface area contributed by atoms with Gasteiger partial charge in [0.1, 0.15) is 18.5 Å². The van der Waals surface area contributed by atoms with Crippen LogP contribution in [-0.4, -0.2) is 172 Å². The lowest BCUT2D eigenvalue weighted by molar-refractivity contribution is -0.158. The van der Waals surface area contributed by atoms with Crippen molar-refractivity contribution in [2.75, 3.05) is 40.3 Å². The number of nitrogens with zero attached hydrogens (tertiary/aromatic N) is 9. The Labute approximate surface area is 956 Å². The van der Waals surface area contributed by atoms with Crippen LogP contribution in [0.3, 0.4) is 0 Å². The average Bonchev–Trinajstić information content (AvgIpc) is 1.48. The molecule has 12 atom stereocenters. The number of allylic oxidation sites excluding steroid dienone is 3. The molecule has 22 nitrogen and oxygen atoms in total. The number of anilines is 3. The first-order chi connectivity index (χ1) is 71.0. The van der Waals surface area contributed by atoms with E-state index < -0.39 is 107 Å². The zero-order valence-corrected chi connectivity index (χ0v) is 105. The third kappa shape index (κ3) is 19.5. The molecular weight excluding hydrogens is 2540 g/mol. The number of para-hydroxylation sites is 3. The van der Waals surface area contributed by atoms with Gasteiger partial charge in [0.2, 0.25) is 0 Å². The summed E-state index contributed by atoms with van der Waals surface area (Å²) in [7, 11) is 37.6. The Hall–Kier alpha value is -4.11. The third-order valence-corrected chi connectivity index (χ3v) is 88.9. The monoisotopic (exact) mass is 2610 g/mol. The maximum Gasteiger partial charge on any atom is 0.266 e. The van der Waals surface area contributed by atoms with Gasteiger partial charge in [0.05, 0.1) is 48.0 Å². The van der Waals surface area contributed by atoms with Crippen molar-refractivity contribution in [2.45, 2.75) is 126 Å². The van der Waals surface area contributed by atoms with Crippen LogP contribution >= 0.6 is 80.2 Å². The minimum Gasteiger partial charge on any atom is -0.322 e. The van der Waals surface area contributed by atoms with Crippen LogP contribution < -0.4 is 12.9 Å². The Morgan fingerprint density at radius 2 is 0.714 bits per heavy atom. The number of carbonyl (C=O) groups excluding carboxylic acids is 7. The topological polar surface area (TPSA) is 251 Å². The van der Waals surface area contributed by atoms with Crippen LogP contribution in [0.1, 0.15) is 76.3 Å². The summed E-state index contributed by atoms with van der Waals surface area (Å²) in [5.41, 5.74) is 10.0. The molecule has 8 fully saturated rings. The number of piperazine rings is 3. The second kappa shape index (κ2) is 46.6. The lowest BCUT2D eigenvalue weighted by Gasteiger charge is -2.53. The smallest absolute Gasteiger partial charge is 0.266 e. The van der Waals surface area contributed by atoms with Crippen molar-refractivity contribution in [2.24, 2.45) is 0 Å². The van der Waals surface area contributed by atoms with E-state index in [4.69, 9.17) is 35.0 Å². The van der Waals surface area contributed by atoms with Gasteiger partial charge in [-0.1, -0.05) is 255 Å². The number of fused-ring (bicyclic) bond motifs is 18. The van der Waals surface area contributed by atoms with Crippen molar-refractivity contribution in [3.63, 3.8) is 0 Å². The summed E-state index contributed by atoms with van der Waals surface area (Å²) in [6.45, 7) is 1.36. The van der Waals surface area contributed by atoms with Crippen LogP contribution in [0, 0.1) is 0 Å². The van der Waals surface area contributed by atoms with Crippen molar-refractivity contribution in [3.8, 4) is 0 Å². The first-order valence-electron chi connectivity index (χ1n) is 43.4. The van der Waals surface area contributed by atoms with Crippen molar-refractivity contribution in [1.29, 1.82) is 0 Å². The van der Waals surface area contributed by atoms with Gasteiger partial charge >= 0.3 is 0 Å². The van der Waals surface area contributed by atoms with Gasteiger partial charge in [0, 0.05) is 274 Å². The number of hydrogen-bond donors (Lipinski definition) is 2. The number of carbonyl (C=O) groups is 7. The molecule has 0 aromatic heterocycles. The average molecular weight is 2620 g/mol. The standard InChI is InChI=1S/C32H29N3O5S4.C29H23N3O4S3.C29H25N3O4S3.S25/c1-20(36)42-28-27(37)34-29-31(19-32(34,43-41-3)30(38)33(28)2,24-18-17-21-11-7-8-14-23(21)24)25-15-9-10-16-26(25)35(29)44(39,40)22-12-5-4-6-13-22;1-30-25-24(33)31-26-28(17-29(31,27(30)34)38-37-25,21-16-15-18-9-5-6-12-20(18)21)22-13-7-8-14-23(22)32(26)39(35,36)19-10-3-2-4-11-19;1-30-25(37)24(33)31-26-28(17-29(31,38)27(30)34,21-16-15-18-9-5-6-12-20(18)21)22-13-7-8-14-23(22)32(26)39(35,36)19-10-3-2-4-11-19;1-3-5-7-9-11-13-15-17-19-21-23-25-24-22-20-18-16-14-12-10-8-6-4-2/h4-16,18,28-29H,17,19H2,1-3H3;2-14,16,25-26H,15,17H2,1H3;2-14,16,25-26,37-38H,15,17H2,1H3;/t28-,29-,31-,32-;2*25-,26-,28-,29-;/m000./s1. The summed E-state index contributed by atoms with van der Waals surface area (Å²) in [4.78, 5) is 103. The summed E-state index contributed by atoms with van der Waals surface area (Å²) >= 11 is 19.7. The molecule has 9 aromatic rings. The molecule has 8 saturated heterocycles. The SMILES string of the molecule is CN1C(=O)[C@@]2(S)C[C@]3(C4=CCc5ccccc54)c4ccccc4N(S(=O)(=O)c4ccccc4)[C@@H]3N2C(=O)[C@@H]1S.CN1C(=O)[C@@]23C[C@]4(C5=CCc6ccccc65)c5ccccc5N(S(=O)(=O)c5ccccc5)[C@@H]4N2C(=O)[C@@H]1SS3.CSS[C@]12C[C@]3(C4=CCc5ccccc54)c4ccccc4N(S(=O)(=O)c4ccccc4)[C@@H]3N1C(=O)[C@H](SC(C)=O)N(C)C2=O.S=S=S=S=S=S=S=S=S=S=S=S=S=S=S=S=S=S=S=S=S=S=S=S=S. The minimum atomic E-state index is -4.24. The Bertz CT molecular complexity index is 8610. The maximum absolute atomic E-state index is 14.8. The second-order valence-corrected chi connectivity index (χ2v) is 87.7. The van der Waals surface area contributed by atoms with Crippen molar-refractivity contribution in [3.05, 3.63) is 305 Å². The molecule has 2 bridgehead atoms. The number of rotatable bonds is 12. The largest absolute Gasteiger partial charge is 0.322 e. The highest BCUT2D eigenvalue weighted by molar-refractivity contribution is 8.80. The van der Waals surface area contributed by atoms with Crippen LogP contribution in [0.5, 0.6) is 0 Å². The molecule has 770 valence electrons. The third-order valence-electron chi connectivity index (χ3n) is 27.0. The fraction of sp³-hybridized carbons (Fsp3) is 0.256. The van der Waals surface area contributed by atoms with Crippen LogP contribution in [-0.2, 0) is 326 Å². The highest BCUT2D eigenvalue weighted by Crippen LogP contribution is 2.74. The number of thiol groups is 2. The summed E-state index contributed by atoms with van der Waals surface area (Å²) in [6.07, 6.45) is 7.80. The molecule has 0 radical (unpaired) electrons. The predicted molar refractivity (Wildman–Crippen MR) is 667 cm³/mol. The van der Waals surface area contributed by atoms with Gasteiger partial charge in [0.25, 0.3) is 65.5 Å². The molecule has 3 aliphatic carbocycles. The molecular formula is C90H77N9O13S35. The van der Waals surface area contributed by atoms with Gasteiger partial charge in [-0.25, -0.2) is 38.2 Å². The molecule has 11 heterocycles. The van der Waals surface area contributed by atoms with E-state index in [1.54, 1.807) is 259 Å². The Kier molecular flexibility index (Phi) is 35.2. The number of hydrogen-bond acceptors (Lipinski definition) is 22. The quantitative estimate of drug-likeness (QED) is 0.0852. The number of benzene rings is 9. The number of likely N-dealkylation sites (N-methyl/N-ethyl adjacent to an activating group) is 3. The molecule has 11 aliphatic heterocycles. The van der Waals surface area contributed by atoms with E-state index in [0.717, 1.165) is 78.6 Å². The lowest BCUT2D eigenvalue weighted by Crippen LogP contribution is -2.72. The highest BCUT2D eigenvalue weighted by atomic mass is 33.5. The molecule has 14 aliphatic rings. The molecule has 9 aromatic carbocycles. The Morgan fingerprint density at radius 3 is 1.09 bits per heavy atom. The van der Waals surface area contributed by atoms with Gasteiger partial charge < -0.3 is 14.7 Å². The van der Waals surface area contributed by atoms with Gasteiger partial charge in [-0.3, -0.25) is 48.3 Å². The van der Waals surface area contributed by atoms with E-state index in [-0.39, 0.29) is 56.3 Å². The van der Waals surface area contributed by atoms with Gasteiger partial charge in [-0.15, -0.1) is 25.3 Å². The first-order valence-corrected chi connectivity index (χ1v) is 86.4. The second-order valence-electron chi connectivity index (χ2n) is 33.8. The minimum absolute atomic E-state index is 0.0870. The van der Waals surface area contributed by atoms with Gasteiger partial charge in [0.15, 0.2) is 35.8 Å². The molecule has 0 N–H and O–H groups in total. The van der Waals surface area contributed by atoms with Crippen molar-refractivity contribution in [1.82, 2.24) is 29.4 Å². The van der Waals surface area contributed by atoms with Crippen LogP contribution in [0.25, 0.3) is 16.7 Å². The van der Waals surface area contributed by atoms with Crippen LogP contribution in [0.15, 0.2) is 270 Å².